The smallest absolute Gasteiger partial charge is 0.241 e. The second kappa shape index (κ2) is 5.18. The fraction of sp³-hybridized carbons (Fsp3) is 0.714. The molecule has 1 aliphatic carbocycles. The number of hydrogen-bond donors (Lipinski definition) is 3. The predicted molar refractivity (Wildman–Crippen MR) is 75.9 cm³/mol. The Morgan fingerprint density at radius 3 is 2.90 bits per heavy atom. The van der Waals surface area contributed by atoms with E-state index in [1.807, 2.05) is 27.7 Å². The number of carbonyl (C=O) groups excluding carboxylic acids is 1. The Morgan fingerprint density at radius 1 is 1.70 bits per heavy atom. The number of H-pyrrole nitrogens is 1. The lowest BCUT2D eigenvalue weighted by Crippen LogP contribution is -2.75. The van der Waals surface area contributed by atoms with E-state index in [2.05, 4.69) is 15.5 Å². The fourth-order valence-electron chi connectivity index (χ4n) is 2.73. The number of rotatable bonds is 5. The Kier molecular flexibility index (Phi) is 3.88. The topological polar surface area (TPSA) is 93.0 Å². The van der Waals surface area contributed by atoms with Crippen molar-refractivity contribution in [3.63, 3.8) is 0 Å². The largest absolute Gasteiger partial charge is 0.378 e. The molecule has 1 heterocycles. The second-order valence-electron chi connectivity index (χ2n) is 6.07. The molecule has 0 saturated heterocycles. The highest BCUT2D eigenvalue weighted by Crippen LogP contribution is 2.50. The van der Waals surface area contributed by atoms with Gasteiger partial charge in [-0.25, -0.2) is 0 Å². The first-order valence-electron chi connectivity index (χ1n) is 7.03. The van der Waals surface area contributed by atoms with Crippen LogP contribution in [0.25, 0.3) is 0 Å². The average Bonchev–Trinajstić information content (AvgIpc) is 2.92. The lowest BCUT2D eigenvalue weighted by molar-refractivity contribution is -0.171. The molecule has 0 radical (unpaired) electrons. The van der Waals surface area contributed by atoms with Crippen LogP contribution in [0.5, 0.6) is 0 Å². The summed E-state index contributed by atoms with van der Waals surface area (Å²) in [5, 5.41) is 9.59. The summed E-state index contributed by atoms with van der Waals surface area (Å²) in [6.07, 6.45) is 4.05. The Labute approximate surface area is 119 Å². The van der Waals surface area contributed by atoms with Crippen LogP contribution in [0.1, 0.15) is 45.7 Å². The normalized spacial score (nSPS) is 29.6. The summed E-state index contributed by atoms with van der Waals surface area (Å²) < 4.78 is 5.64. The average molecular weight is 280 g/mol. The molecule has 1 aliphatic rings. The molecule has 1 aromatic rings. The standard InChI is InChI=1S/C14H24N4O2/c1-5-20-11-6-14(15,13(11,3)4)12(19)18-9(2)10-7-16-17-8-10/h7-9,11H,5-6,15H2,1-4H3,(H,16,17)(H,18,19). The van der Waals surface area contributed by atoms with Gasteiger partial charge >= 0.3 is 0 Å². The number of aromatic nitrogens is 2. The summed E-state index contributed by atoms with van der Waals surface area (Å²) in [6, 6.07) is -0.122. The third-order valence-corrected chi connectivity index (χ3v) is 4.60. The minimum atomic E-state index is -0.884. The first-order valence-corrected chi connectivity index (χ1v) is 7.03. The van der Waals surface area contributed by atoms with Crippen molar-refractivity contribution >= 4 is 5.91 Å². The molecule has 3 unspecified atom stereocenters. The summed E-state index contributed by atoms with van der Waals surface area (Å²) >= 11 is 0. The summed E-state index contributed by atoms with van der Waals surface area (Å²) in [6.45, 7) is 8.47. The molecule has 1 fully saturated rings. The Balaban J connectivity index is 2.03. The van der Waals surface area contributed by atoms with Crippen LogP contribution >= 0.6 is 0 Å². The van der Waals surface area contributed by atoms with Crippen molar-refractivity contribution in [3.05, 3.63) is 18.0 Å². The highest BCUT2D eigenvalue weighted by molar-refractivity contribution is 5.89. The van der Waals surface area contributed by atoms with Gasteiger partial charge in [-0.2, -0.15) is 5.10 Å². The van der Waals surface area contributed by atoms with E-state index < -0.39 is 5.54 Å². The molecular weight excluding hydrogens is 256 g/mol. The molecule has 0 spiro atoms. The summed E-state index contributed by atoms with van der Waals surface area (Å²) in [7, 11) is 0. The van der Waals surface area contributed by atoms with Gasteiger partial charge in [0.1, 0.15) is 5.54 Å². The first kappa shape index (κ1) is 15.0. The van der Waals surface area contributed by atoms with E-state index in [-0.39, 0.29) is 23.5 Å². The summed E-state index contributed by atoms with van der Waals surface area (Å²) in [5.41, 5.74) is 6.01. The van der Waals surface area contributed by atoms with Crippen LogP contribution in [-0.4, -0.2) is 34.4 Å². The van der Waals surface area contributed by atoms with Gasteiger partial charge in [0.05, 0.1) is 18.3 Å². The Morgan fingerprint density at radius 2 is 2.40 bits per heavy atom. The second-order valence-corrected chi connectivity index (χ2v) is 6.07. The molecule has 6 heteroatoms. The number of hydrogen-bond acceptors (Lipinski definition) is 4. The number of amides is 1. The number of ether oxygens (including phenoxy) is 1. The van der Waals surface area contributed by atoms with Crippen molar-refractivity contribution < 1.29 is 9.53 Å². The molecule has 3 atom stereocenters. The number of nitrogens with one attached hydrogen (secondary N) is 2. The third kappa shape index (κ3) is 2.23. The van der Waals surface area contributed by atoms with Gasteiger partial charge in [-0.1, -0.05) is 13.8 Å². The lowest BCUT2D eigenvalue weighted by Gasteiger charge is -2.57. The Hall–Kier alpha value is -1.40. The van der Waals surface area contributed by atoms with Crippen LogP contribution in [0.15, 0.2) is 12.4 Å². The molecular formula is C14H24N4O2. The van der Waals surface area contributed by atoms with Crippen LogP contribution in [0.3, 0.4) is 0 Å². The van der Waals surface area contributed by atoms with E-state index in [0.29, 0.717) is 13.0 Å². The zero-order valence-electron chi connectivity index (χ0n) is 12.6. The zero-order chi connectivity index (χ0) is 15.0. The van der Waals surface area contributed by atoms with E-state index in [0.717, 1.165) is 5.56 Å². The minimum Gasteiger partial charge on any atom is -0.378 e. The van der Waals surface area contributed by atoms with Crippen molar-refractivity contribution in [1.29, 1.82) is 0 Å². The van der Waals surface area contributed by atoms with Gasteiger partial charge in [-0.3, -0.25) is 9.89 Å². The maximum Gasteiger partial charge on any atom is 0.241 e. The monoisotopic (exact) mass is 280 g/mol. The quantitative estimate of drug-likeness (QED) is 0.753. The van der Waals surface area contributed by atoms with Gasteiger partial charge in [0.15, 0.2) is 0 Å². The van der Waals surface area contributed by atoms with Crippen molar-refractivity contribution in [2.75, 3.05) is 6.61 Å². The van der Waals surface area contributed by atoms with Crippen molar-refractivity contribution in [2.24, 2.45) is 11.1 Å². The van der Waals surface area contributed by atoms with Crippen molar-refractivity contribution in [2.45, 2.75) is 51.8 Å². The molecule has 1 saturated carbocycles. The molecule has 1 amide bonds. The van der Waals surface area contributed by atoms with Crippen LogP contribution in [0.4, 0.5) is 0 Å². The highest BCUT2D eigenvalue weighted by Gasteiger charge is 2.62. The SMILES string of the molecule is CCOC1CC(N)(C(=O)NC(C)c2cn[nH]c2)C1(C)C. The first-order chi connectivity index (χ1) is 9.33. The molecule has 112 valence electrons. The fourth-order valence-corrected chi connectivity index (χ4v) is 2.73. The van der Waals surface area contributed by atoms with Gasteiger partial charge in [0.25, 0.3) is 0 Å². The summed E-state index contributed by atoms with van der Waals surface area (Å²) in [4.78, 5) is 12.5. The number of nitrogens with two attached hydrogens (primary N) is 1. The zero-order valence-corrected chi connectivity index (χ0v) is 12.6. The van der Waals surface area contributed by atoms with E-state index in [4.69, 9.17) is 10.5 Å². The number of carbonyl (C=O) groups is 1. The molecule has 0 aromatic carbocycles. The molecule has 4 N–H and O–H groups in total. The van der Waals surface area contributed by atoms with Crippen LogP contribution in [0, 0.1) is 5.41 Å². The highest BCUT2D eigenvalue weighted by atomic mass is 16.5. The molecule has 6 nitrogen and oxygen atoms in total. The molecule has 0 bridgehead atoms. The van der Waals surface area contributed by atoms with Gasteiger partial charge in [-0.05, 0) is 13.8 Å². The minimum absolute atomic E-state index is 0.0347. The molecule has 20 heavy (non-hydrogen) atoms. The lowest BCUT2D eigenvalue weighted by atomic mass is 9.54. The van der Waals surface area contributed by atoms with Crippen molar-refractivity contribution in [3.8, 4) is 0 Å². The van der Waals surface area contributed by atoms with Crippen LogP contribution in [-0.2, 0) is 9.53 Å². The number of nitrogens with zero attached hydrogens (tertiary/aromatic N) is 1. The summed E-state index contributed by atoms with van der Waals surface area (Å²) in [5.74, 6) is -0.132. The van der Waals surface area contributed by atoms with Gasteiger partial charge < -0.3 is 15.8 Å². The molecule has 0 aliphatic heterocycles. The van der Waals surface area contributed by atoms with Gasteiger partial charge in [0.2, 0.25) is 5.91 Å². The number of aromatic amines is 1. The maximum atomic E-state index is 12.5. The van der Waals surface area contributed by atoms with Crippen LogP contribution in [0.2, 0.25) is 0 Å². The van der Waals surface area contributed by atoms with Crippen molar-refractivity contribution in [1.82, 2.24) is 15.5 Å². The van der Waals surface area contributed by atoms with E-state index >= 15 is 0 Å². The maximum absolute atomic E-state index is 12.5. The Bertz CT molecular complexity index is 472. The molecule has 1 aromatic heterocycles. The van der Waals surface area contributed by atoms with Gasteiger partial charge in [0, 0.05) is 30.2 Å². The third-order valence-electron chi connectivity index (χ3n) is 4.60. The van der Waals surface area contributed by atoms with Gasteiger partial charge in [-0.15, -0.1) is 0 Å². The van der Waals surface area contributed by atoms with E-state index in [1.165, 1.54) is 0 Å². The van der Waals surface area contributed by atoms with E-state index in [1.54, 1.807) is 12.4 Å². The predicted octanol–water partition coefficient (Wildman–Crippen LogP) is 1.12. The van der Waals surface area contributed by atoms with E-state index in [9.17, 15) is 4.79 Å². The molecule has 2 rings (SSSR count). The van der Waals surface area contributed by atoms with Crippen LogP contribution < -0.4 is 11.1 Å².